The molecule has 9 nitrogen and oxygen atoms in total. The fraction of sp³-hybridized carbons (Fsp3) is 0. The summed E-state index contributed by atoms with van der Waals surface area (Å²) in [6.45, 7) is 0. The molecule has 0 aliphatic heterocycles. The SMILES string of the molecule is O=C(c1ccc(C(=O)O)c(C(=O)O)c1)c1ccc(C(=O)O)c(C(=O)O)c1.[Cs].[Cs].[Cs]. The first-order valence-corrected chi connectivity index (χ1v) is 6.89. The monoisotopic (exact) mass is 757 g/mol. The number of carbonyl (C=O) groups excluding carboxylic acids is 1. The van der Waals surface area contributed by atoms with E-state index >= 15 is 0 Å². The number of carbonyl (C=O) groups is 5. The van der Waals surface area contributed by atoms with Gasteiger partial charge in [-0.05, 0) is 24.3 Å². The van der Waals surface area contributed by atoms with Gasteiger partial charge in [0, 0.05) is 218 Å². The third kappa shape index (κ3) is 8.78. The van der Waals surface area contributed by atoms with Crippen molar-refractivity contribution in [2.45, 2.75) is 0 Å². The average molecular weight is 757 g/mol. The minimum atomic E-state index is -1.55. The zero-order valence-corrected chi connectivity index (χ0v) is 34.6. The molecule has 0 heterocycles. The van der Waals surface area contributed by atoms with Gasteiger partial charge in [-0.15, -0.1) is 0 Å². The van der Waals surface area contributed by atoms with E-state index in [-0.39, 0.29) is 218 Å². The van der Waals surface area contributed by atoms with Gasteiger partial charge >= 0.3 is 23.9 Å². The molecule has 2 aromatic carbocycles. The third-order valence-corrected chi connectivity index (χ3v) is 3.49. The van der Waals surface area contributed by atoms with Crippen LogP contribution < -0.4 is 0 Å². The zero-order chi connectivity index (χ0) is 19.6. The Kier molecular flexibility index (Phi) is 17.4. The summed E-state index contributed by atoms with van der Waals surface area (Å²) in [4.78, 5) is 56.9. The van der Waals surface area contributed by atoms with Crippen molar-refractivity contribution in [3.05, 3.63) is 69.8 Å². The standard InChI is InChI=1S/C17H10O9.3Cs/c18-13(7-1-3-9(14(19)20)11(5-7)16(23)24)8-2-4-10(15(21)22)12(6-8)17(25)26;;;/h1-6H,(H,19,20)(H,21,22)(H,23,24)(H,25,26);;;. The van der Waals surface area contributed by atoms with E-state index in [9.17, 15) is 24.0 Å². The number of carboxylic acids is 4. The van der Waals surface area contributed by atoms with Crippen LogP contribution in [-0.2, 0) is 0 Å². The molecule has 2 rings (SSSR count). The Hall–Kier alpha value is 2.15. The van der Waals surface area contributed by atoms with Gasteiger partial charge in [-0.25, -0.2) is 19.2 Å². The Bertz CT molecular complexity index is 909. The van der Waals surface area contributed by atoms with Crippen molar-refractivity contribution in [2.75, 3.05) is 0 Å². The molecular formula is C17H10Cs3O9. The Morgan fingerprint density at radius 3 is 1.00 bits per heavy atom. The van der Waals surface area contributed by atoms with Gasteiger partial charge in [0.05, 0.1) is 22.3 Å². The molecule has 0 spiro atoms. The summed E-state index contributed by atoms with van der Waals surface area (Å²) in [5.41, 5.74) is -2.62. The predicted octanol–water partition coefficient (Wildman–Crippen LogP) is 0.568. The van der Waals surface area contributed by atoms with Crippen LogP contribution in [0, 0.1) is 0 Å². The van der Waals surface area contributed by atoms with Crippen molar-refractivity contribution in [1.29, 1.82) is 0 Å². The molecule has 0 saturated heterocycles. The Morgan fingerprint density at radius 1 is 0.483 bits per heavy atom. The van der Waals surface area contributed by atoms with Crippen LogP contribution in [0.5, 0.6) is 0 Å². The van der Waals surface area contributed by atoms with Crippen LogP contribution in [0.3, 0.4) is 0 Å². The number of carboxylic acid groups (broad SMARTS) is 4. The molecule has 0 atom stereocenters. The molecule has 0 aliphatic rings. The fourth-order valence-electron chi connectivity index (χ4n) is 2.26. The Balaban J connectivity index is 0. The summed E-state index contributed by atoms with van der Waals surface area (Å²) in [6.07, 6.45) is 0. The normalized spacial score (nSPS) is 9.10. The van der Waals surface area contributed by atoms with E-state index in [4.69, 9.17) is 20.4 Å². The molecule has 0 bridgehead atoms. The van der Waals surface area contributed by atoms with Gasteiger partial charge in [-0.1, -0.05) is 12.1 Å². The predicted molar refractivity (Wildman–Crippen MR) is 101 cm³/mol. The summed E-state index contributed by atoms with van der Waals surface area (Å²) >= 11 is 0. The molecule has 3 radical (unpaired) electrons. The minimum Gasteiger partial charge on any atom is -0.478 e. The van der Waals surface area contributed by atoms with Crippen molar-refractivity contribution < 1.29 is 44.4 Å². The molecule has 0 unspecified atom stereocenters. The fourth-order valence-corrected chi connectivity index (χ4v) is 2.26. The topological polar surface area (TPSA) is 166 Å². The van der Waals surface area contributed by atoms with Gasteiger partial charge < -0.3 is 20.4 Å². The second-order valence-electron chi connectivity index (χ2n) is 5.07. The van der Waals surface area contributed by atoms with Crippen LogP contribution in [0.15, 0.2) is 36.4 Å². The molecule has 0 aromatic heterocycles. The van der Waals surface area contributed by atoms with Crippen LogP contribution >= 0.6 is 0 Å². The number of aromatic carboxylic acids is 4. The van der Waals surface area contributed by atoms with E-state index in [1.165, 1.54) is 0 Å². The molecule has 0 amide bonds. The van der Waals surface area contributed by atoms with Gasteiger partial charge in [0.25, 0.3) is 0 Å². The van der Waals surface area contributed by atoms with Crippen molar-refractivity contribution in [2.24, 2.45) is 0 Å². The van der Waals surface area contributed by atoms with Crippen LogP contribution in [-0.4, -0.2) is 257 Å². The molecule has 0 saturated carbocycles. The van der Waals surface area contributed by atoms with Crippen LogP contribution in [0.2, 0.25) is 0 Å². The summed E-state index contributed by atoms with van der Waals surface area (Å²) < 4.78 is 0. The van der Waals surface area contributed by atoms with E-state index in [0.717, 1.165) is 36.4 Å². The molecule has 29 heavy (non-hydrogen) atoms. The van der Waals surface area contributed by atoms with E-state index in [1.54, 1.807) is 0 Å². The minimum absolute atomic E-state index is 0. The second kappa shape index (κ2) is 15.1. The summed E-state index contributed by atoms with van der Waals surface area (Å²) in [5.74, 6) is -6.86. The van der Waals surface area contributed by atoms with Gasteiger partial charge in [-0.3, -0.25) is 4.79 Å². The first-order valence-electron chi connectivity index (χ1n) is 6.89. The zero-order valence-electron chi connectivity index (χ0n) is 15.8. The van der Waals surface area contributed by atoms with E-state index < -0.39 is 51.9 Å². The number of hydrogen-bond acceptors (Lipinski definition) is 5. The maximum Gasteiger partial charge on any atom is 0.336 e. The molecular weight excluding hydrogens is 747 g/mol. The number of benzene rings is 2. The van der Waals surface area contributed by atoms with Crippen LogP contribution in [0.1, 0.15) is 57.4 Å². The van der Waals surface area contributed by atoms with Crippen LogP contribution in [0.4, 0.5) is 0 Å². The average Bonchev–Trinajstić information content (AvgIpc) is 2.59. The Morgan fingerprint density at radius 2 is 0.759 bits per heavy atom. The van der Waals surface area contributed by atoms with Crippen LogP contribution in [0.25, 0.3) is 0 Å². The maximum atomic E-state index is 12.5. The molecule has 12 heteroatoms. The van der Waals surface area contributed by atoms with Gasteiger partial charge in [0.15, 0.2) is 5.78 Å². The smallest absolute Gasteiger partial charge is 0.336 e. The molecule has 0 aliphatic carbocycles. The summed E-state index contributed by atoms with van der Waals surface area (Å²) in [5, 5.41) is 36.1. The van der Waals surface area contributed by atoms with E-state index in [2.05, 4.69) is 0 Å². The number of rotatable bonds is 6. The number of hydrogen-bond donors (Lipinski definition) is 4. The van der Waals surface area contributed by atoms with E-state index in [1.807, 2.05) is 0 Å². The van der Waals surface area contributed by atoms with Crippen molar-refractivity contribution in [3.8, 4) is 0 Å². The largest absolute Gasteiger partial charge is 0.478 e. The Labute approximate surface area is 340 Å². The van der Waals surface area contributed by atoms with Crippen molar-refractivity contribution in [1.82, 2.24) is 0 Å². The quantitative estimate of drug-likeness (QED) is 0.309. The molecule has 0 fully saturated rings. The third-order valence-electron chi connectivity index (χ3n) is 3.49. The summed E-state index contributed by atoms with van der Waals surface area (Å²) in [6, 6.07) is 5.79. The summed E-state index contributed by atoms with van der Waals surface area (Å²) in [7, 11) is 0. The molecule has 135 valence electrons. The first-order chi connectivity index (χ1) is 12.1. The van der Waals surface area contributed by atoms with Gasteiger partial charge in [0.1, 0.15) is 0 Å². The molecule has 2 aromatic rings. The first kappa shape index (κ1) is 33.3. The molecule has 4 N–H and O–H groups in total. The van der Waals surface area contributed by atoms with Gasteiger partial charge in [-0.2, -0.15) is 0 Å². The van der Waals surface area contributed by atoms with Gasteiger partial charge in [0.2, 0.25) is 0 Å². The van der Waals surface area contributed by atoms with E-state index in [0.29, 0.717) is 0 Å². The van der Waals surface area contributed by atoms with Crippen molar-refractivity contribution >= 4 is 236 Å². The van der Waals surface area contributed by atoms with Crippen molar-refractivity contribution in [3.63, 3.8) is 0 Å². The maximum absolute atomic E-state index is 12.5. The number of ketones is 1. The second-order valence-corrected chi connectivity index (χ2v) is 5.07.